The van der Waals surface area contributed by atoms with Gasteiger partial charge in [0.25, 0.3) is 15.9 Å². The molecule has 0 bridgehead atoms. The number of hydrogen-bond acceptors (Lipinski definition) is 5. The average Bonchev–Trinajstić information content (AvgIpc) is 3.03. The lowest BCUT2D eigenvalue weighted by Gasteiger charge is -2.31. The van der Waals surface area contributed by atoms with Crippen molar-refractivity contribution in [1.82, 2.24) is 14.5 Å². The molecule has 0 radical (unpaired) electrons. The fourth-order valence-electron chi connectivity index (χ4n) is 4.32. The minimum absolute atomic E-state index is 0.00438. The van der Waals surface area contributed by atoms with Gasteiger partial charge in [0.05, 0.1) is 5.56 Å². The normalized spacial score (nSPS) is 15.0. The molecule has 194 valence electrons. The maximum absolute atomic E-state index is 13.4. The Bertz CT molecular complexity index is 1230. The van der Waals surface area contributed by atoms with Crippen LogP contribution in [-0.4, -0.2) is 54.5 Å². The molecule has 0 unspecified atom stereocenters. The number of aryl methyl sites for hydroxylation is 1. The van der Waals surface area contributed by atoms with Gasteiger partial charge in [0.15, 0.2) is 0 Å². The van der Waals surface area contributed by atoms with E-state index in [0.717, 1.165) is 15.4 Å². The highest BCUT2D eigenvalue weighted by molar-refractivity contribution is 7.90. The van der Waals surface area contributed by atoms with Crippen LogP contribution < -0.4 is 5.32 Å². The third-order valence-corrected chi connectivity index (χ3v) is 8.01. The van der Waals surface area contributed by atoms with Crippen molar-refractivity contribution in [2.24, 2.45) is 5.92 Å². The molecule has 0 aromatic heterocycles. The van der Waals surface area contributed by atoms with Crippen molar-refractivity contribution < 1.29 is 22.8 Å². The van der Waals surface area contributed by atoms with Crippen molar-refractivity contribution in [3.05, 3.63) is 65.2 Å². The van der Waals surface area contributed by atoms with Crippen LogP contribution in [0.4, 0.5) is 0 Å². The zero-order valence-corrected chi connectivity index (χ0v) is 22.2. The van der Waals surface area contributed by atoms with Crippen LogP contribution in [0.5, 0.6) is 0 Å². The van der Waals surface area contributed by atoms with Gasteiger partial charge < -0.3 is 10.2 Å². The molecule has 0 saturated heterocycles. The predicted octanol–water partition coefficient (Wildman–Crippen LogP) is 3.50. The van der Waals surface area contributed by atoms with E-state index in [1.165, 1.54) is 12.1 Å². The van der Waals surface area contributed by atoms with Gasteiger partial charge in [0.1, 0.15) is 10.9 Å². The number of fused-ring (bicyclic) bond motifs is 1. The summed E-state index contributed by atoms with van der Waals surface area (Å²) in [6.07, 6.45) is 0.608. The molecule has 1 heterocycles. The molecule has 1 N–H and O–H groups in total. The Hall–Kier alpha value is -3.20. The molecule has 1 aliphatic rings. The lowest BCUT2D eigenvalue weighted by Crippen LogP contribution is -2.49. The maximum atomic E-state index is 13.4. The molecular formula is C27H35N3O5S. The van der Waals surface area contributed by atoms with Crippen LogP contribution in [0.15, 0.2) is 53.4 Å². The first-order valence-electron chi connectivity index (χ1n) is 12.3. The Labute approximate surface area is 213 Å². The Kier molecular flexibility index (Phi) is 8.89. The summed E-state index contributed by atoms with van der Waals surface area (Å²) in [6, 6.07) is 13.2. The number of carbonyl (C=O) groups is 3. The first-order valence-corrected chi connectivity index (χ1v) is 13.8. The zero-order valence-electron chi connectivity index (χ0n) is 21.4. The molecule has 2 aromatic rings. The van der Waals surface area contributed by atoms with Gasteiger partial charge in [-0.1, -0.05) is 62.7 Å². The Morgan fingerprint density at radius 2 is 1.81 bits per heavy atom. The number of rotatable bonds is 11. The van der Waals surface area contributed by atoms with Crippen LogP contribution >= 0.6 is 0 Å². The second kappa shape index (κ2) is 11.7. The Balaban J connectivity index is 1.74. The van der Waals surface area contributed by atoms with Crippen molar-refractivity contribution in [3.63, 3.8) is 0 Å². The molecule has 0 fully saturated rings. The third-order valence-electron chi connectivity index (χ3n) is 6.17. The van der Waals surface area contributed by atoms with Crippen LogP contribution in [0.1, 0.15) is 61.5 Å². The van der Waals surface area contributed by atoms with E-state index in [1.54, 1.807) is 17.0 Å². The minimum atomic E-state index is -3.92. The summed E-state index contributed by atoms with van der Waals surface area (Å²) in [5.74, 6) is -0.768. The van der Waals surface area contributed by atoms with Gasteiger partial charge in [-0.25, -0.2) is 12.7 Å². The third kappa shape index (κ3) is 6.13. The van der Waals surface area contributed by atoms with E-state index in [4.69, 9.17) is 0 Å². The molecule has 9 heteroatoms. The fourth-order valence-corrected chi connectivity index (χ4v) is 5.93. The minimum Gasteiger partial charge on any atom is -0.354 e. The van der Waals surface area contributed by atoms with Crippen LogP contribution in [0.3, 0.4) is 0 Å². The molecule has 2 aromatic carbocycles. The summed E-state index contributed by atoms with van der Waals surface area (Å²) in [6.45, 7) is 8.51. The number of hydrogen-bond donors (Lipinski definition) is 1. The largest absolute Gasteiger partial charge is 0.354 e. The lowest BCUT2D eigenvalue weighted by molar-refractivity contribution is -0.141. The van der Waals surface area contributed by atoms with Crippen LogP contribution in [0.2, 0.25) is 0 Å². The van der Waals surface area contributed by atoms with Gasteiger partial charge in [0, 0.05) is 26.1 Å². The van der Waals surface area contributed by atoms with E-state index < -0.39 is 22.0 Å². The molecule has 36 heavy (non-hydrogen) atoms. The van der Waals surface area contributed by atoms with Gasteiger partial charge in [-0.05, 0) is 43.4 Å². The molecule has 8 nitrogen and oxygen atoms in total. The summed E-state index contributed by atoms with van der Waals surface area (Å²) in [5, 5.41) is 2.93. The Morgan fingerprint density at radius 1 is 1.08 bits per heavy atom. The molecule has 0 spiro atoms. The molecule has 3 amide bonds. The number of nitrogens with zero attached hydrogens (tertiary/aromatic N) is 2. The van der Waals surface area contributed by atoms with E-state index in [-0.39, 0.29) is 54.1 Å². The molecule has 1 atom stereocenters. The summed E-state index contributed by atoms with van der Waals surface area (Å²) in [7, 11) is -3.92. The molecule has 0 aliphatic carbocycles. The number of nitrogens with one attached hydrogen (secondary N) is 1. The quantitative estimate of drug-likeness (QED) is 0.495. The first kappa shape index (κ1) is 27.4. The molecule has 3 rings (SSSR count). The lowest BCUT2D eigenvalue weighted by atomic mass is 10.1. The number of carbonyl (C=O) groups excluding carboxylic acids is 3. The highest BCUT2D eigenvalue weighted by Crippen LogP contribution is 2.30. The second-order valence-corrected chi connectivity index (χ2v) is 11.4. The fraction of sp³-hybridized carbons (Fsp3) is 0.444. The molecular weight excluding hydrogens is 478 g/mol. The van der Waals surface area contributed by atoms with Gasteiger partial charge in [-0.15, -0.1) is 0 Å². The standard InChI is InChI=1S/C27H35N3O5S/c1-5-23(26(32)28-17-19(2)3)29(18-21-11-8-10-20(4)16-21)25(31)14-9-15-30-27(33)22-12-6-7-13-24(22)36(30,34)35/h6-8,10-13,16,19,23H,5,9,14-15,17-18H2,1-4H3,(H,28,32)/t23-/m1/s1. The topological polar surface area (TPSA) is 104 Å². The number of amides is 3. The van der Waals surface area contributed by atoms with Crippen molar-refractivity contribution in [2.75, 3.05) is 13.1 Å². The van der Waals surface area contributed by atoms with Gasteiger partial charge in [-0.3, -0.25) is 14.4 Å². The Morgan fingerprint density at radius 3 is 2.44 bits per heavy atom. The molecule has 0 saturated carbocycles. The summed E-state index contributed by atoms with van der Waals surface area (Å²) in [5.41, 5.74) is 2.11. The summed E-state index contributed by atoms with van der Waals surface area (Å²) in [4.78, 5) is 40.6. The summed E-state index contributed by atoms with van der Waals surface area (Å²) < 4.78 is 26.4. The highest BCUT2D eigenvalue weighted by atomic mass is 32.2. The molecule has 1 aliphatic heterocycles. The number of sulfonamides is 1. The van der Waals surface area contributed by atoms with Crippen molar-refractivity contribution in [2.45, 2.75) is 64.4 Å². The predicted molar refractivity (Wildman–Crippen MR) is 138 cm³/mol. The van der Waals surface area contributed by atoms with E-state index in [2.05, 4.69) is 5.32 Å². The summed E-state index contributed by atoms with van der Waals surface area (Å²) >= 11 is 0. The first-order chi connectivity index (χ1) is 17.1. The smallest absolute Gasteiger partial charge is 0.269 e. The maximum Gasteiger partial charge on any atom is 0.269 e. The average molecular weight is 514 g/mol. The van der Waals surface area contributed by atoms with Crippen molar-refractivity contribution in [3.8, 4) is 0 Å². The van der Waals surface area contributed by atoms with Gasteiger partial charge in [-0.2, -0.15) is 0 Å². The zero-order chi connectivity index (χ0) is 26.5. The van der Waals surface area contributed by atoms with Crippen molar-refractivity contribution >= 4 is 27.7 Å². The van der Waals surface area contributed by atoms with Gasteiger partial charge in [0.2, 0.25) is 11.8 Å². The SMILES string of the molecule is CC[C@H](C(=O)NCC(C)C)N(Cc1cccc(C)c1)C(=O)CCCN1C(=O)c2ccccc2S1(=O)=O. The number of benzene rings is 2. The van der Waals surface area contributed by atoms with E-state index in [9.17, 15) is 22.8 Å². The van der Waals surface area contributed by atoms with Crippen LogP contribution in [0.25, 0.3) is 0 Å². The van der Waals surface area contributed by atoms with Crippen LogP contribution in [-0.2, 0) is 26.2 Å². The van der Waals surface area contributed by atoms with Crippen LogP contribution in [0, 0.1) is 12.8 Å². The second-order valence-electron chi connectivity index (χ2n) is 9.56. The van der Waals surface area contributed by atoms with E-state index in [0.29, 0.717) is 13.0 Å². The highest BCUT2D eigenvalue weighted by Gasteiger charge is 2.40. The van der Waals surface area contributed by atoms with E-state index >= 15 is 0 Å². The van der Waals surface area contributed by atoms with Crippen molar-refractivity contribution in [1.29, 1.82) is 0 Å². The van der Waals surface area contributed by atoms with E-state index in [1.807, 2.05) is 52.0 Å². The van der Waals surface area contributed by atoms with Gasteiger partial charge >= 0.3 is 0 Å². The monoisotopic (exact) mass is 513 g/mol.